The van der Waals surface area contributed by atoms with E-state index in [1.54, 1.807) is 0 Å². The van der Waals surface area contributed by atoms with Gasteiger partial charge in [0.25, 0.3) is 10.0 Å². The predicted octanol–water partition coefficient (Wildman–Crippen LogP) is 4.06. The number of hydrogen-bond donors (Lipinski definition) is 3. The van der Waals surface area contributed by atoms with Gasteiger partial charge in [0, 0.05) is 12.2 Å². The van der Waals surface area contributed by atoms with Gasteiger partial charge in [-0.15, -0.1) is 0 Å². The molecule has 0 aromatic heterocycles. The van der Waals surface area contributed by atoms with E-state index in [1.165, 1.54) is 36.4 Å². The van der Waals surface area contributed by atoms with Crippen LogP contribution in [0.5, 0.6) is 0 Å². The molecular weight excluding hydrogens is 381 g/mol. The lowest BCUT2D eigenvalue weighted by molar-refractivity contribution is 0.251. The van der Waals surface area contributed by atoms with E-state index < -0.39 is 15.8 Å². The minimum Gasteiger partial charge on any atom is -0.338 e. The Hall–Kier alpha value is -2.32. The number of hydrogen-bond acceptors (Lipinski definition) is 3. The first-order valence-corrected chi connectivity index (χ1v) is 9.66. The molecule has 2 amide bonds. The molecule has 2 rings (SSSR count). The van der Waals surface area contributed by atoms with Crippen LogP contribution in [-0.2, 0) is 10.0 Å². The maximum absolute atomic E-state index is 13.2. The van der Waals surface area contributed by atoms with E-state index in [9.17, 15) is 17.6 Å². The van der Waals surface area contributed by atoms with Gasteiger partial charge >= 0.3 is 6.03 Å². The predicted molar refractivity (Wildman–Crippen MR) is 101 cm³/mol. The Morgan fingerprint density at radius 2 is 1.73 bits per heavy atom. The largest absolute Gasteiger partial charge is 0.338 e. The third-order valence-corrected chi connectivity index (χ3v) is 4.95. The quantitative estimate of drug-likeness (QED) is 0.684. The van der Waals surface area contributed by atoms with Crippen LogP contribution < -0.4 is 15.4 Å². The number of nitrogens with one attached hydrogen (secondary N) is 3. The summed E-state index contributed by atoms with van der Waals surface area (Å²) < 4.78 is 40.2. The second-order valence-corrected chi connectivity index (χ2v) is 8.08. The summed E-state index contributed by atoms with van der Waals surface area (Å²) in [6.45, 7) is 4.48. The van der Waals surface area contributed by atoms with Gasteiger partial charge in [-0.3, -0.25) is 4.72 Å². The Kier molecular flexibility index (Phi) is 6.44. The number of anilines is 2. The van der Waals surface area contributed by atoms with Crippen molar-refractivity contribution in [3.8, 4) is 0 Å². The zero-order chi connectivity index (χ0) is 19.3. The summed E-state index contributed by atoms with van der Waals surface area (Å²) in [5.74, 6) is -0.319. The standard InChI is InChI=1S/C17H19ClFN3O3S/c1-11(2)10-20-17(23)21-12-3-6-14(7-4-12)26(24,25)22-13-5-8-16(19)15(18)9-13/h3-9,11,22H,10H2,1-2H3,(H2,20,21,23). The third kappa shape index (κ3) is 5.60. The lowest BCUT2D eigenvalue weighted by atomic mass is 10.2. The summed E-state index contributed by atoms with van der Waals surface area (Å²) in [6.07, 6.45) is 0. The van der Waals surface area contributed by atoms with Gasteiger partial charge in [0.05, 0.1) is 15.6 Å². The van der Waals surface area contributed by atoms with E-state index in [4.69, 9.17) is 11.6 Å². The number of halogens is 2. The molecule has 0 aliphatic rings. The van der Waals surface area contributed by atoms with Crippen LogP contribution in [-0.4, -0.2) is 21.0 Å². The Morgan fingerprint density at radius 3 is 2.31 bits per heavy atom. The highest BCUT2D eigenvalue weighted by atomic mass is 35.5. The summed E-state index contributed by atoms with van der Waals surface area (Å²) in [4.78, 5) is 11.7. The summed E-state index contributed by atoms with van der Waals surface area (Å²) in [5.41, 5.74) is 0.599. The number of carbonyl (C=O) groups excluding carboxylic acids is 1. The summed E-state index contributed by atoms with van der Waals surface area (Å²) >= 11 is 5.65. The van der Waals surface area contributed by atoms with Crippen LogP contribution in [0.1, 0.15) is 13.8 Å². The number of benzene rings is 2. The fourth-order valence-corrected chi connectivity index (χ4v) is 3.19. The van der Waals surface area contributed by atoms with Crippen LogP contribution in [0.3, 0.4) is 0 Å². The van der Waals surface area contributed by atoms with Crippen LogP contribution in [0.15, 0.2) is 47.4 Å². The molecule has 2 aromatic rings. The van der Waals surface area contributed by atoms with Gasteiger partial charge in [0.2, 0.25) is 0 Å². The molecule has 2 aromatic carbocycles. The molecule has 0 aliphatic carbocycles. The summed E-state index contributed by atoms with van der Waals surface area (Å²) in [7, 11) is -3.87. The van der Waals surface area contributed by atoms with Crippen molar-refractivity contribution in [2.45, 2.75) is 18.7 Å². The van der Waals surface area contributed by atoms with E-state index in [1.807, 2.05) is 13.8 Å². The van der Waals surface area contributed by atoms with Crippen LogP contribution >= 0.6 is 11.6 Å². The molecule has 26 heavy (non-hydrogen) atoms. The molecule has 0 atom stereocenters. The van der Waals surface area contributed by atoms with Crippen LogP contribution in [0.25, 0.3) is 0 Å². The van der Waals surface area contributed by atoms with Crippen LogP contribution in [0.2, 0.25) is 5.02 Å². The first-order chi connectivity index (χ1) is 12.2. The van der Waals surface area contributed by atoms with Gasteiger partial charge < -0.3 is 10.6 Å². The molecule has 0 radical (unpaired) electrons. The highest BCUT2D eigenvalue weighted by Gasteiger charge is 2.15. The Bertz CT molecular complexity index is 887. The van der Waals surface area contributed by atoms with Crippen molar-refractivity contribution in [1.82, 2.24) is 5.32 Å². The highest BCUT2D eigenvalue weighted by molar-refractivity contribution is 7.92. The molecule has 140 valence electrons. The van der Waals surface area contributed by atoms with Crippen molar-refractivity contribution in [2.24, 2.45) is 5.92 Å². The summed E-state index contributed by atoms with van der Waals surface area (Å²) in [5, 5.41) is 5.13. The minimum atomic E-state index is -3.87. The number of rotatable bonds is 6. The Morgan fingerprint density at radius 1 is 1.12 bits per heavy atom. The van der Waals surface area contributed by atoms with Gasteiger partial charge in [-0.25, -0.2) is 17.6 Å². The van der Waals surface area contributed by atoms with Crippen molar-refractivity contribution >= 4 is 39.0 Å². The van der Waals surface area contributed by atoms with Crippen molar-refractivity contribution < 1.29 is 17.6 Å². The van der Waals surface area contributed by atoms with Gasteiger partial charge in [0.1, 0.15) is 5.82 Å². The second kappa shape index (κ2) is 8.37. The van der Waals surface area contributed by atoms with Crippen molar-refractivity contribution in [3.05, 3.63) is 53.3 Å². The smallest absolute Gasteiger partial charge is 0.319 e. The molecule has 0 aliphatic heterocycles. The lowest BCUT2D eigenvalue weighted by Gasteiger charge is -2.11. The topological polar surface area (TPSA) is 87.3 Å². The Balaban J connectivity index is 2.06. The molecule has 0 saturated heterocycles. The fraction of sp³-hybridized carbons (Fsp3) is 0.235. The second-order valence-electron chi connectivity index (χ2n) is 5.99. The van der Waals surface area contributed by atoms with Gasteiger partial charge in [-0.1, -0.05) is 25.4 Å². The van der Waals surface area contributed by atoms with Crippen LogP contribution in [0.4, 0.5) is 20.6 Å². The molecule has 0 heterocycles. The van der Waals surface area contributed by atoms with E-state index in [0.29, 0.717) is 18.2 Å². The average Bonchev–Trinajstić information content (AvgIpc) is 2.56. The van der Waals surface area contributed by atoms with E-state index in [-0.39, 0.29) is 21.6 Å². The molecule has 0 saturated carbocycles. The molecule has 0 bridgehead atoms. The van der Waals surface area contributed by atoms with Gasteiger partial charge in [-0.05, 0) is 48.4 Å². The van der Waals surface area contributed by atoms with Crippen LogP contribution in [0, 0.1) is 11.7 Å². The Labute approximate surface area is 156 Å². The molecule has 0 fully saturated rings. The van der Waals surface area contributed by atoms with E-state index in [0.717, 1.165) is 6.07 Å². The van der Waals surface area contributed by atoms with Gasteiger partial charge in [-0.2, -0.15) is 0 Å². The van der Waals surface area contributed by atoms with Crippen molar-refractivity contribution in [2.75, 3.05) is 16.6 Å². The molecular formula is C17H19ClFN3O3S. The number of carbonyl (C=O) groups is 1. The molecule has 9 heteroatoms. The average molecular weight is 400 g/mol. The normalized spacial score (nSPS) is 11.3. The zero-order valence-corrected chi connectivity index (χ0v) is 15.8. The number of urea groups is 1. The van der Waals surface area contributed by atoms with Gasteiger partial charge in [0.15, 0.2) is 0 Å². The first-order valence-electron chi connectivity index (χ1n) is 7.80. The maximum Gasteiger partial charge on any atom is 0.319 e. The molecule has 3 N–H and O–H groups in total. The molecule has 6 nitrogen and oxygen atoms in total. The van der Waals surface area contributed by atoms with E-state index >= 15 is 0 Å². The monoisotopic (exact) mass is 399 g/mol. The number of amides is 2. The van der Waals surface area contributed by atoms with Crippen molar-refractivity contribution in [3.63, 3.8) is 0 Å². The third-order valence-electron chi connectivity index (χ3n) is 3.27. The lowest BCUT2D eigenvalue weighted by Crippen LogP contribution is -2.31. The maximum atomic E-state index is 13.2. The fourth-order valence-electron chi connectivity index (χ4n) is 1.96. The summed E-state index contributed by atoms with van der Waals surface area (Å²) in [6, 6.07) is 8.81. The molecule has 0 spiro atoms. The zero-order valence-electron chi connectivity index (χ0n) is 14.2. The highest BCUT2D eigenvalue weighted by Crippen LogP contribution is 2.22. The molecule has 0 unspecified atom stereocenters. The SMILES string of the molecule is CC(C)CNC(=O)Nc1ccc(S(=O)(=O)Nc2ccc(F)c(Cl)c2)cc1. The number of sulfonamides is 1. The van der Waals surface area contributed by atoms with Crippen molar-refractivity contribution in [1.29, 1.82) is 0 Å². The van der Waals surface area contributed by atoms with E-state index in [2.05, 4.69) is 15.4 Å². The minimum absolute atomic E-state index is 0.00825. The first kappa shape index (κ1) is 20.0.